The maximum atomic E-state index is 8.36. The van der Waals surface area contributed by atoms with E-state index in [0.717, 1.165) is 36.7 Å². The minimum Gasteiger partial charge on any atom is -0.493 e. The van der Waals surface area contributed by atoms with Crippen molar-refractivity contribution < 1.29 is 19.4 Å². The molecule has 0 radical (unpaired) electrons. The second-order valence-electron chi connectivity index (χ2n) is 4.87. The molecule has 24 heavy (non-hydrogen) atoms. The van der Waals surface area contributed by atoms with E-state index in [2.05, 4.69) is 10.3 Å². The normalized spacial score (nSPS) is 12.8. The molecule has 2 aromatic carbocycles. The van der Waals surface area contributed by atoms with E-state index in [1.165, 1.54) is 0 Å². The quantitative estimate of drug-likeness (QED) is 0.844. The van der Waals surface area contributed by atoms with Crippen LogP contribution in [-0.2, 0) is 4.79 Å². The predicted octanol–water partition coefficient (Wildman–Crippen LogP) is 2.93. The number of hydrogen-bond donors (Lipinski definition) is 2. The number of amidine groups is 1. The summed E-state index contributed by atoms with van der Waals surface area (Å²) in [6.07, 6.45) is 1.07. The van der Waals surface area contributed by atoms with Gasteiger partial charge in [0.2, 0.25) is 0 Å². The van der Waals surface area contributed by atoms with Gasteiger partial charge in [0.25, 0.3) is 6.47 Å². The van der Waals surface area contributed by atoms with E-state index >= 15 is 0 Å². The Morgan fingerprint density at radius 2 is 1.71 bits per heavy atom. The van der Waals surface area contributed by atoms with Crippen molar-refractivity contribution in [1.82, 2.24) is 5.32 Å². The molecule has 0 unspecified atom stereocenters. The molecule has 6 heteroatoms. The number of ether oxygens (including phenoxy) is 2. The van der Waals surface area contributed by atoms with Crippen LogP contribution in [0.5, 0.6) is 17.2 Å². The van der Waals surface area contributed by atoms with Gasteiger partial charge in [-0.2, -0.15) is 0 Å². The Bertz CT molecular complexity index is 701. The van der Waals surface area contributed by atoms with E-state index in [-0.39, 0.29) is 6.47 Å². The van der Waals surface area contributed by atoms with Crippen LogP contribution >= 0.6 is 0 Å². The molecule has 0 amide bonds. The highest BCUT2D eigenvalue weighted by Gasteiger charge is 2.14. The lowest BCUT2D eigenvalue weighted by Crippen LogP contribution is -2.30. The largest absolute Gasteiger partial charge is 0.493 e. The van der Waals surface area contributed by atoms with Crippen molar-refractivity contribution in [2.24, 2.45) is 4.99 Å². The van der Waals surface area contributed by atoms with E-state index in [0.29, 0.717) is 11.5 Å². The number of para-hydroxylation sites is 3. The Morgan fingerprint density at radius 1 is 1.08 bits per heavy atom. The lowest BCUT2D eigenvalue weighted by Gasteiger charge is -2.18. The smallest absolute Gasteiger partial charge is 0.290 e. The molecular formula is C18H20N2O4. The lowest BCUT2D eigenvalue weighted by molar-refractivity contribution is -0.122. The first-order chi connectivity index (χ1) is 11.8. The fourth-order valence-electron chi connectivity index (χ4n) is 2.29. The number of aliphatic imine (C=N–C) groups is 1. The summed E-state index contributed by atoms with van der Waals surface area (Å²) in [6.45, 7) is 1.55. The molecule has 0 aliphatic carbocycles. The first-order valence-corrected chi connectivity index (χ1v) is 7.56. The van der Waals surface area contributed by atoms with Gasteiger partial charge < -0.3 is 19.9 Å². The standard InChI is InChI=1S/C17H18N2O2.CH2O2/c1-20-15-9-4-5-10-16(15)21-14-8-3-2-7-13(14)17-18-11-6-12-19-17;2-1-3/h2-5,7-10H,6,11-12H2,1H3,(H,18,19);1H,(H,2,3). The highest BCUT2D eigenvalue weighted by molar-refractivity contribution is 6.01. The third kappa shape index (κ3) is 4.49. The van der Waals surface area contributed by atoms with Crippen molar-refractivity contribution in [1.29, 1.82) is 0 Å². The highest BCUT2D eigenvalue weighted by atomic mass is 16.5. The summed E-state index contributed by atoms with van der Waals surface area (Å²) < 4.78 is 11.4. The van der Waals surface area contributed by atoms with Crippen LogP contribution in [0, 0.1) is 0 Å². The topological polar surface area (TPSA) is 80.2 Å². The molecule has 1 aliphatic heterocycles. The SMILES string of the molecule is COc1ccccc1Oc1ccccc1C1=NCCCN1.O=CO. The molecule has 3 rings (SSSR count). The highest BCUT2D eigenvalue weighted by Crippen LogP contribution is 2.32. The van der Waals surface area contributed by atoms with Gasteiger partial charge in [-0.05, 0) is 30.7 Å². The molecule has 0 bridgehead atoms. The number of nitrogens with one attached hydrogen (secondary N) is 1. The van der Waals surface area contributed by atoms with Gasteiger partial charge in [0.05, 0.1) is 12.7 Å². The van der Waals surface area contributed by atoms with Crippen molar-refractivity contribution in [3.8, 4) is 17.2 Å². The summed E-state index contributed by atoms with van der Waals surface area (Å²) in [5, 5.41) is 10.2. The van der Waals surface area contributed by atoms with Crippen LogP contribution in [0.3, 0.4) is 0 Å². The van der Waals surface area contributed by atoms with Gasteiger partial charge in [-0.25, -0.2) is 0 Å². The molecule has 2 N–H and O–H groups in total. The summed E-state index contributed by atoms with van der Waals surface area (Å²) in [5.41, 5.74) is 0.975. The minimum atomic E-state index is -0.250. The summed E-state index contributed by atoms with van der Waals surface area (Å²) in [4.78, 5) is 12.9. The Kier molecular flexibility index (Phi) is 6.64. The van der Waals surface area contributed by atoms with Crippen molar-refractivity contribution in [3.05, 3.63) is 54.1 Å². The van der Waals surface area contributed by atoms with Crippen molar-refractivity contribution >= 4 is 12.3 Å². The van der Waals surface area contributed by atoms with E-state index < -0.39 is 0 Å². The van der Waals surface area contributed by atoms with Gasteiger partial charge >= 0.3 is 0 Å². The van der Waals surface area contributed by atoms with Gasteiger partial charge in [-0.1, -0.05) is 24.3 Å². The van der Waals surface area contributed by atoms with Crippen molar-refractivity contribution in [3.63, 3.8) is 0 Å². The number of rotatable bonds is 4. The average Bonchev–Trinajstić information content (AvgIpc) is 2.64. The maximum Gasteiger partial charge on any atom is 0.290 e. The Morgan fingerprint density at radius 3 is 2.33 bits per heavy atom. The van der Waals surface area contributed by atoms with E-state index in [9.17, 15) is 0 Å². The number of methoxy groups -OCH3 is 1. The molecule has 126 valence electrons. The Balaban J connectivity index is 0.000000647. The minimum absolute atomic E-state index is 0.250. The molecule has 6 nitrogen and oxygen atoms in total. The average molecular weight is 328 g/mol. The molecule has 1 aliphatic rings. The molecule has 0 fully saturated rings. The van der Waals surface area contributed by atoms with Crippen molar-refractivity contribution in [2.45, 2.75) is 6.42 Å². The third-order valence-electron chi connectivity index (χ3n) is 3.33. The van der Waals surface area contributed by atoms with Gasteiger partial charge in [-0.15, -0.1) is 0 Å². The van der Waals surface area contributed by atoms with Crippen LogP contribution in [-0.4, -0.2) is 37.6 Å². The van der Waals surface area contributed by atoms with Gasteiger partial charge in [0.1, 0.15) is 11.6 Å². The summed E-state index contributed by atoms with van der Waals surface area (Å²) in [7, 11) is 1.64. The molecule has 2 aromatic rings. The third-order valence-corrected chi connectivity index (χ3v) is 3.33. The maximum absolute atomic E-state index is 8.36. The summed E-state index contributed by atoms with van der Waals surface area (Å²) in [5.74, 6) is 3.08. The molecular weight excluding hydrogens is 308 g/mol. The summed E-state index contributed by atoms with van der Waals surface area (Å²) in [6, 6.07) is 15.5. The number of carbonyl (C=O) groups is 1. The van der Waals surface area contributed by atoms with Crippen LogP contribution in [0.4, 0.5) is 0 Å². The zero-order valence-corrected chi connectivity index (χ0v) is 13.4. The van der Waals surface area contributed by atoms with Gasteiger partial charge in [-0.3, -0.25) is 9.79 Å². The Hall–Kier alpha value is -3.02. The van der Waals surface area contributed by atoms with Gasteiger partial charge in [0.15, 0.2) is 11.5 Å². The second kappa shape index (κ2) is 9.19. The second-order valence-corrected chi connectivity index (χ2v) is 4.87. The molecule has 0 spiro atoms. The number of carboxylic acid groups (broad SMARTS) is 1. The van der Waals surface area contributed by atoms with Crippen LogP contribution in [0.1, 0.15) is 12.0 Å². The van der Waals surface area contributed by atoms with Gasteiger partial charge in [0, 0.05) is 13.1 Å². The van der Waals surface area contributed by atoms with Crippen LogP contribution in [0.25, 0.3) is 0 Å². The fourth-order valence-corrected chi connectivity index (χ4v) is 2.29. The van der Waals surface area contributed by atoms with E-state index in [1.54, 1.807) is 7.11 Å². The van der Waals surface area contributed by atoms with Crippen LogP contribution < -0.4 is 14.8 Å². The zero-order chi connectivity index (χ0) is 17.2. The Labute approximate surface area is 140 Å². The number of hydrogen-bond acceptors (Lipinski definition) is 5. The fraction of sp³-hybridized carbons (Fsp3) is 0.222. The first-order valence-electron chi connectivity index (χ1n) is 7.56. The first kappa shape index (κ1) is 17.3. The molecule has 0 saturated carbocycles. The lowest BCUT2D eigenvalue weighted by atomic mass is 10.1. The van der Waals surface area contributed by atoms with Crippen LogP contribution in [0.2, 0.25) is 0 Å². The number of benzene rings is 2. The molecule has 1 heterocycles. The zero-order valence-electron chi connectivity index (χ0n) is 13.4. The monoisotopic (exact) mass is 328 g/mol. The molecule has 0 aromatic heterocycles. The molecule has 0 saturated heterocycles. The van der Waals surface area contributed by atoms with Crippen molar-refractivity contribution in [2.75, 3.05) is 20.2 Å². The number of nitrogens with zero attached hydrogens (tertiary/aromatic N) is 1. The van der Waals surface area contributed by atoms with E-state index in [1.807, 2.05) is 48.5 Å². The predicted molar refractivity (Wildman–Crippen MR) is 92.2 cm³/mol. The van der Waals surface area contributed by atoms with E-state index in [4.69, 9.17) is 19.4 Å². The summed E-state index contributed by atoms with van der Waals surface area (Å²) >= 11 is 0. The molecule has 0 atom stereocenters. The van der Waals surface area contributed by atoms with Crippen LogP contribution in [0.15, 0.2) is 53.5 Å².